The average molecular weight is 343 g/mol. The van der Waals surface area contributed by atoms with E-state index in [1.165, 1.54) is 10.5 Å². The van der Waals surface area contributed by atoms with E-state index in [-0.39, 0.29) is 12.5 Å². The van der Waals surface area contributed by atoms with Crippen LogP contribution in [0.4, 0.5) is 0 Å². The van der Waals surface area contributed by atoms with E-state index in [0.29, 0.717) is 12.8 Å². The Morgan fingerprint density at radius 1 is 1.08 bits per heavy atom. The minimum absolute atomic E-state index is 0.0154. The van der Waals surface area contributed by atoms with Gasteiger partial charge in [0.2, 0.25) is 5.91 Å². The summed E-state index contributed by atoms with van der Waals surface area (Å²) in [5.41, 5.74) is 0.307. The first-order valence-electron chi connectivity index (χ1n) is 8.26. The van der Waals surface area contributed by atoms with Gasteiger partial charge < -0.3 is 10.4 Å². The molecule has 2 aromatic rings. The molecule has 0 saturated heterocycles. The molecule has 3 nitrogen and oxygen atoms in total. The zero-order chi connectivity index (χ0) is 17.3. The number of aliphatic hydroxyl groups is 1. The number of hydrogen-bond acceptors (Lipinski definition) is 3. The lowest BCUT2D eigenvalue weighted by Gasteiger charge is -2.23. The first-order chi connectivity index (χ1) is 11.6. The van der Waals surface area contributed by atoms with Gasteiger partial charge in [-0.25, -0.2) is 0 Å². The van der Waals surface area contributed by atoms with E-state index in [1.807, 2.05) is 48.5 Å². The molecular formula is C20H25NO2S. The molecule has 0 aromatic heterocycles. The van der Waals surface area contributed by atoms with Gasteiger partial charge in [0.1, 0.15) is 0 Å². The van der Waals surface area contributed by atoms with Crippen LogP contribution in [0, 0.1) is 0 Å². The van der Waals surface area contributed by atoms with Crippen molar-refractivity contribution in [2.75, 3.05) is 12.3 Å². The minimum Gasteiger partial charge on any atom is -0.388 e. The molecule has 0 saturated carbocycles. The smallest absolute Gasteiger partial charge is 0.220 e. The SMILES string of the molecule is C[C@@](O)(CCc1ccccc1)CNC(=O)CCSc1ccccc1. The van der Waals surface area contributed by atoms with Crippen molar-refractivity contribution in [1.82, 2.24) is 5.32 Å². The summed E-state index contributed by atoms with van der Waals surface area (Å²) in [7, 11) is 0. The Morgan fingerprint density at radius 3 is 2.38 bits per heavy atom. The van der Waals surface area contributed by atoms with Crippen LogP contribution in [-0.4, -0.2) is 28.9 Å². The second kappa shape index (κ2) is 9.50. The molecule has 0 aliphatic heterocycles. The Hall–Kier alpha value is -1.78. The van der Waals surface area contributed by atoms with Crippen LogP contribution in [0.5, 0.6) is 0 Å². The number of rotatable bonds is 9. The fourth-order valence-corrected chi connectivity index (χ4v) is 3.18. The van der Waals surface area contributed by atoms with Crippen molar-refractivity contribution >= 4 is 17.7 Å². The Morgan fingerprint density at radius 2 is 1.71 bits per heavy atom. The third-order valence-electron chi connectivity index (χ3n) is 3.80. The molecule has 0 aliphatic rings. The van der Waals surface area contributed by atoms with Gasteiger partial charge in [0.25, 0.3) is 0 Å². The van der Waals surface area contributed by atoms with Gasteiger partial charge in [0.05, 0.1) is 5.60 Å². The molecule has 2 N–H and O–H groups in total. The molecule has 0 unspecified atom stereocenters. The number of benzene rings is 2. The monoisotopic (exact) mass is 343 g/mol. The van der Waals surface area contributed by atoms with Gasteiger partial charge in [-0.3, -0.25) is 4.79 Å². The number of carbonyl (C=O) groups is 1. The molecule has 4 heteroatoms. The predicted molar refractivity (Wildman–Crippen MR) is 100 cm³/mol. The lowest BCUT2D eigenvalue weighted by Crippen LogP contribution is -2.41. The Balaban J connectivity index is 1.64. The summed E-state index contributed by atoms with van der Waals surface area (Å²) in [4.78, 5) is 13.1. The summed E-state index contributed by atoms with van der Waals surface area (Å²) in [6, 6.07) is 20.1. The maximum absolute atomic E-state index is 11.9. The van der Waals surface area contributed by atoms with Gasteiger partial charge in [0.15, 0.2) is 0 Å². The highest BCUT2D eigenvalue weighted by Crippen LogP contribution is 2.18. The second-order valence-corrected chi connectivity index (χ2v) is 7.34. The number of thioether (sulfide) groups is 1. The largest absolute Gasteiger partial charge is 0.388 e. The molecule has 0 aliphatic carbocycles. The lowest BCUT2D eigenvalue weighted by atomic mass is 9.97. The van der Waals surface area contributed by atoms with Crippen molar-refractivity contribution in [3.8, 4) is 0 Å². The molecular weight excluding hydrogens is 318 g/mol. The highest BCUT2D eigenvalue weighted by atomic mass is 32.2. The summed E-state index contributed by atoms with van der Waals surface area (Å²) in [6.45, 7) is 2.06. The van der Waals surface area contributed by atoms with E-state index in [1.54, 1.807) is 18.7 Å². The standard InChI is InChI=1S/C20H25NO2S/c1-20(23,14-12-17-8-4-2-5-9-17)16-21-19(22)13-15-24-18-10-6-3-7-11-18/h2-11,23H,12-16H2,1H3,(H,21,22)/t20-/m1/s1. The summed E-state index contributed by atoms with van der Waals surface area (Å²) in [6.07, 6.45) is 1.87. The normalized spacial score (nSPS) is 13.2. The maximum Gasteiger partial charge on any atom is 0.220 e. The van der Waals surface area contributed by atoms with Gasteiger partial charge in [-0.15, -0.1) is 11.8 Å². The van der Waals surface area contributed by atoms with E-state index in [4.69, 9.17) is 0 Å². The number of nitrogens with one attached hydrogen (secondary N) is 1. The predicted octanol–water partition coefficient (Wildman–Crippen LogP) is 3.67. The molecule has 1 amide bonds. The lowest BCUT2D eigenvalue weighted by molar-refractivity contribution is -0.121. The van der Waals surface area contributed by atoms with E-state index >= 15 is 0 Å². The first kappa shape index (κ1) is 18.6. The number of carbonyl (C=O) groups excluding carboxylic acids is 1. The van der Waals surface area contributed by atoms with Gasteiger partial charge in [-0.2, -0.15) is 0 Å². The topological polar surface area (TPSA) is 49.3 Å². The quantitative estimate of drug-likeness (QED) is 0.683. The summed E-state index contributed by atoms with van der Waals surface area (Å²) >= 11 is 1.67. The Kier molecular flexibility index (Phi) is 7.35. The van der Waals surface area contributed by atoms with Gasteiger partial charge in [0, 0.05) is 23.6 Å². The molecule has 0 spiro atoms. The molecule has 2 aromatic carbocycles. The zero-order valence-corrected chi connectivity index (χ0v) is 14.9. The van der Waals surface area contributed by atoms with Gasteiger partial charge >= 0.3 is 0 Å². The molecule has 24 heavy (non-hydrogen) atoms. The van der Waals surface area contributed by atoms with E-state index in [0.717, 1.165) is 12.2 Å². The van der Waals surface area contributed by atoms with Crippen LogP contribution in [0.25, 0.3) is 0 Å². The van der Waals surface area contributed by atoms with Crippen LogP contribution >= 0.6 is 11.8 Å². The van der Waals surface area contributed by atoms with Crippen molar-refractivity contribution in [2.45, 2.75) is 36.7 Å². The summed E-state index contributed by atoms with van der Waals surface area (Å²) < 4.78 is 0. The van der Waals surface area contributed by atoms with Crippen LogP contribution in [0.3, 0.4) is 0 Å². The third kappa shape index (κ3) is 7.20. The molecule has 0 bridgehead atoms. The number of hydrogen-bond donors (Lipinski definition) is 2. The maximum atomic E-state index is 11.9. The molecule has 128 valence electrons. The van der Waals surface area contributed by atoms with Crippen LogP contribution in [0.1, 0.15) is 25.3 Å². The number of amides is 1. The highest BCUT2D eigenvalue weighted by Gasteiger charge is 2.20. The van der Waals surface area contributed by atoms with Crippen molar-refractivity contribution in [3.63, 3.8) is 0 Å². The molecule has 0 radical (unpaired) electrons. The molecule has 0 fully saturated rings. The van der Waals surface area contributed by atoms with Gasteiger partial charge in [-0.05, 0) is 37.5 Å². The third-order valence-corrected chi connectivity index (χ3v) is 4.82. The average Bonchev–Trinajstić information content (AvgIpc) is 2.60. The van der Waals surface area contributed by atoms with E-state index < -0.39 is 5.60 Å². The van der Waals surface area contributed by atoms with Crippen molar-refractivity contribution in [2.24, 2.45) is 0 Å². The van der Waals surface area contributed by atoms with Gasteiger partial charge in [-0.1, -0.05) is 48.5 Å². The summed E-state index contributed by atoms with van der Waals surface area (Å²) in [5.74, 6) is 0.723. The minimum atomic E-state index is -0.891. The molecule has 2 rings (SSSR count). The Labute approximate surface area is 148 Å². The van der Waals surface area contributed by atoms with E-state index in [9.17, 15) is 9.90 Å². The second-order valence-electron chi connectivity index (χ2n) is 6.17. The summed E-state index contributed by atoms with van der Waals surface area (Å²) in [5, 5.41) is 13.3. The van der Waals surface area contributed by atoms with Crippen LogP contribution in [-0.2, 0) is 11.2 Å². The van der Waals surface area contributed by atoms with E-state index in [2.05, 4.69) is 17.4 Å². The van der Waals surface area contributed by atoms with Crippen molar-refractivity contribution in [1.29, 1.82) is 0 Å². The van der Waals surface area contributed by atoms with Crippen molar-refractivity contribution < 1.29 is 9.90 Å². The fourth-order valence-electron chi connectivity index (χ4n) is 2.30. The van der Waals surface area contributed by atoms with Crippen LogP contribution < -0.4 is 5.32 Å². The molecule has 1 atom stereocenters. The highest BCUT2D eigenvalue weighted by molar-refractivity contribution is 7.99. The first-order valence-corrected chi connectivity index (χ1v) is 9.25. The van der Waals surface area contributed by atoms with Crippen LogP contribution in [0.2, 0.25) is 0 Å². The zero-order valence-electron chi connectivity index (χ0n) is 14.1. The number of aryl methyl sites for hydroxylation is 1. The molecule has 0 heterocycles. The Bertz CT molecular complexity index is 614. The fraction of sp³-hybridized carbons (Fsp3) is 0.350. The van der Waals surface area contributed by atoms with Crippen molar-refractivity contribution in [3.05, 3.63) is 66.2 Å². The van der Waals surface area contributed by atoms with Crippen LogP contribution in [0.15, 0.2) is 65.6 Å².